The van der Waals surface area contributed by atoms with Gasteiger partial charge in [0, 0.05) is 17.4 Å². The summed E-state index contributed by atoms with van der Waals surface area (Å²) < 4.78 is 26.8. The van der Waals surface area contributed by atoms with Crippen LogP contribution < -0.4 is 0 Å². The Bertz CT molecular complexity index is 1040. The van der Waals surface area contributed by atoms with Crippen LogP contribution in [0, 0.1) is 5.92 Å². The molecule has 0 amide bonds. The maximum absolute atomic E-state index is 13.4. The summed E-state index contributed by atoms with van der Waals surface area (Å²) >= 11 is 0. The number of benzene rings is 3. The summed E-state index contributed by atoms with van der Waals surface area (Å²) in [6.07, 6.45) is 1.06. The molecule has 3 nitrogen and oxygen atoms in total. The maximum Gasteiger partial charge on any atom is 0.181 e. The molecule has 28 heavy (non-hydrogen) atoms. The number of rotatable bonds is 5. The molecule has 3 aromatic carbocycles. The van der Waals surface area contributed by atoms with Gasteiger partial charge in [0.05, 0.1) is 10.1 Å². The smallest absolute Gasteiger partial charge is 0.181 e. The van der Waals surface area contributed by atoms with Crippen molar-refractivity contribution in [1.29, 1.82) is 0 Å². The van der Waals surface area contributed by atoms with Crippen LogP contribution in [0.2, 0.25) is 0 Å². The molecule has 142 valence electrons. The first-order valence-corrected chi connectivity index (χ1v) is 11.1. The van der Waals surface area contributed by atoms with Crippen molar-refractivity contribution in [2.45, 2.75) is 28.9 Å². The predicted octanol–water partition coefficient (Wildman–Crippen LogP) is 4.91. The highest BCUT2D eigenvalue weighted by molar-refractivity contribution is 7.92. The maximum atomic E-state index is 13.4. The fourth-order valence-corrected chi connectivity index (χ4v) is 6.39. The van der Waals surface area contributed by atoms with Gasteiger partial charge in [-0.2, -0.15) is 0 Å². The second kappa shape index (κ2) is 7.72. The van der Waals surface area contributed by atoms with E-state index in [1.165, 1.54) is 0 Å². The van der Waals surface area contributed by atoms with Crippen LogP contribution in [0.3, 0.4) is 0 Å². The average Bonchev–Trinajstić information content (AvgIpc) is 3.21. The topological polar surface area (TPSA) is 51.2 Å². The molecule has 1 fully saturated rings. The Balaban J connectivity index is 1.77. The third-order valence-corrected chi connectivity index (χ3v) is 7.90. The second-order valence-electron chi connectivity index (χ2n) is 7.25. The Kier molecular flexibility index (Phi) is 5.14. The van der Waals surface area contributed by atoms with Gasteiger partial charge in [0.15, 0.2) is 15.6 Å². The van der Waals surface area contributed by atoms with Crippen LogP contribution in [-0.4, -0.2) is 19.5 Å². The molecule has 3 atom stereocenters. The van der Waals surface area contributed by atoms with Crippen molar-refractivity contribution in [1.82, 2.24) is 0 Å². The van der Waals surface area contributed by atoms with Crippen molar-refractivity contribution in [3.63, 3.8) is 0 Å². The Morgan fingerprint density at radius 1 is 0.714 bits per heavy atom. The highest BCUT2D eigenvalue weighted by Crippen LogP contribution is 2.46. The van der Waals surface area contributed by atoms with Gasteiger partial charge in [-0.15, -0.1) is 0 Å². The van der Waals surface area contributed by atoms with E-state index in [0.717, 1.165) is 5.56 Å². The molecule has 1 aliphatic carbocycles. The van der Waals surface area contributed by atoms with Crippen molar-refractivity contribution in [2.24, 2.45) is 5.92 Å². The van der Waals surface area contributed by atoms with E-state index in [9.17, 15) is 13.2 Å². The van der Waals surface area contributed by atoms with Crippen LogP contribution in [0.5, 0.6) is 0 Å². The Labute approximate surface area is 166 Å². The summed E-state index contributed by atoms with van der Waals surface area (Å²) in [7, 11) is -3.54. The van der Waals surface area contributed by atoms with E-state index >= 15 is 0 Å². The third-order valence-electron chi connectivity index (χ3n) is 5.65. The molecule has 0 spiro atoms. The molecule has 0 radical (unpaired) electrons. The number of hydrogen-bond donors (Lipinski definition) is 0. The van der Waals surface area contributed by atoms with E-state index in [1.54, 1.807) is 24.3 Å². The van der Waals surface area contributed by atoms with Gasteiger partial charge in [-0.05, 0) is 30.5 Å². The van der Waals surface area contributed by atoms with Gasteiger partial charge in [-0.1, -0.05) is 78.9 Å². The van der Waals surface area contributed by atoms with Crippen LogP contribution in [0.4, 0.5) is 0 Å². The van der Waals surface area contributed by atoms with Crippen molar-refractivity contribution in [2.75, 3.05) is 0 Å². The lowest BCUT2D eigenvalue weighted by Crippen LogP contribution is -2.29. The number of carbonyl (C=O) groups is 1. The largest absolute Gasteiger partial charge is 0.294 e. The molecule has 0 unspecified atom stereocenters. The molecule has 0 bridgehead atoms. The molecule has 3 aromatic rings. The average molecular weight is 391 g/mol. The molecule has 0 saturated heterocycles. The zero-order valence-corrected chi connectivity index (χ0v) is 16.3. The van der Waals surface area contributed by atoms with Gasteiger partial charge in [0.2, 0.25) is 0 Å². The highest BCUT2D eigenvalue weighted by atomic mass is 32.2. The normalized spacial score (nSPS) is 22.1. The lowest BCUT2D eigenvalue weighted by atomic mass is 9.84. The molecule has 0 N–H and O–H groups in total. The number of ketones is 1. The van der Waals surface area contributed by atoms with Gasteiger partial charge in [-0.3, -0.25) is 4.79 Å². The second-order valence-corrected chi connectivity index (χ2v) is 9.41. The van der Waals surface area contributed by atoms with Gasteiger partial charge >= 0.3 is 0 Å². The minimum Gasteiger partial charge on any atom is -0.294 e. The fourth-order valence-electron chi connectivity index (χ4n) is 4.33. The van der Waals surface area contributed by atoms with Crippen LogP contribution in [0.1, 0.15) is 34.7 Å². The van der Waals surface area contributed by atoms with Gasteiger partial charge in [0.25, 0.3) is 0 Å². The van der Waals surface area contributed by atoms with Gasteiger partial charge in [0.1, 0.15) is 0 Å². The quantitative estimate of drug-likeness (QED) is 0.582. The van der Waals surface area contributed by atoms with Crippen molar-refractivity contribution in [3.8, 4) is 0 Å². The van der Waals surface area contributed by atoms with E-state index in [4.69, 9.17) is 0 Å². The number of sulfone groups is 1. The summed E-state index contributed by atoms with van der Waals surface area (Å²) in [6.45, 7) is 0. The summed E-state index contributed by atoms with van der Waals surface area (Å²) in [5, 5.41) is -0.602. The van der Waals surface area contributed by atoms with Crippen molar-refractivity contribution >= 4 is 15.6 Å². The first-order chi connectivity index (χ1) is 13.6. The number of carbonyl (C=O) groups excluding carboxylic acids is 1. The lowest BCUT2D eigenvalue weighted by Gasteiger charge is -2.25. The third kappa shape index (κ3) is 3.40. The summed E-state index contributed by atoms with van der Waals surface area (Å²) in [5.41, 5.74) is 1.56. The van der Waals surface area contributed by atoms with E-state index in [1.807, 2.05) is 66.7 Å². The number of hydrogen-bond acceptors (Lipinski definition) is 3. The first kappa shape index (κ1) is 18.6. The zero-order valence-electron chi connectivity index (χ0n) is 15.4. The Morgan fingerprint density at radius 3 is 1.86 bits per heavy atom. The van der Waals surface area contributed by atoms with Gasteiger partial charge in [-0.25, -0.2) is 8.42 Å². The highest BCUT2D eigenvalue weighted by Gasteiger charge is 2.47. The van der Waals surface area contributed by atoms with Crippen LogP contribution in [-0.2, 0) is 9.84 Å². The summed E-state index contributed by atoms with van der Waals surface area (Å²) in [5.74, 6) is -0.660. The fraction of sp³-hybridized carbons (Fsp3) is 0.208. The predicted molar refractivity (Wildman–Crippen MR) is 110 cm³/mol. The Hall–Kier alpha value is -2.72. The minimum absolute atomic E-state index is 0.0280. The molecular formula is C24H22O3S. The first-order valence-electron chi connectivity index (χ1n) is 9.52. The molecular weight excluding hydrogens is 368 g/mol. The van der Waals surface area contributed by atoms with E-state index in [-0.39, 0.29) is 17.6 Å². The zero-order chi connectivity index (χ0) is 19.6. The molecule has 4 heteroatoms. The standard InChI is InChI=1S/C24H22O3S/c25-24(19-12-6-2-7-13-19)21-16-17-22(23(21)18-10-4-1-5-11-18)28(26,27)20-14-8-3-9-15-20/h1-15,21-23H,16-17H2/t21-,22-,23-/m0/s1. The van der Waals surface area contributed by atoms with E-state index < -0.39 is 15.1 Å². The van der Waals surface area contributed by atoms with Crippen molar-refractivity contribution < 1.29 is 13.2 Å². The molecule has 0 aliphatic heterocycles. The molecule has 4 rings (SSSR count). The molecule has 0 heterocycles. The lowest BCUT2D eigenvalue weighted by molar-refractivity contribution is 0.0912. The molecule has 0 aromatic heterocycles. The minimum atomic E-state index is -3.54. The van der Waals surface area contributed by atoms with E-state index in [0.29, 0.717) is 23.3 Å². The van der Waals surface area contributed by atoms with E-state index in [2.05, 4.69) is 0 Å². The summed E-state index contributed by atoms with van der Waals surface area (Å²) in [6, 6.07) is 27.4. The van der Waals surface area contributed by atoms with Crippen LogP contribution >= 0.6 is 0 Å². The van der Waals surface area contributed by atoms with Gasteiger partial charge < -0.3 is 0 Å². The summed E-state index contributed by atoms with van der Waals surface area (Å²) in [4.78, 5) is 13.6. The Morgan fingerprint density at radius 2 is 1.25 bits per heavy atom. The van der Waals surface area contributed by atoms with Crippen molar-refractivity contribution in [3.05, 3.63) is 102 Å². The number of Topliss-reactive ketones (excluding diaryl/α,β-unsaturated/α-hetero) is 1. The van der Waals surface area contributed by atoms with Crippen LogP contribution in [0.25, 0.3) is 0 Å². The SMILES string of the molecule is O=C(c1ccccc1)[C@H]1CC[C@H](S(=O)(=O)c2ccccc2)[C@H]1c1ccccc1. The van der Waals surface area contributed by atoms with Crippen LogP contribution in [0.15, 0.2) is 95.9 Å². The molecule has 1 saturated carbocycles. The molecule has 1 aliphatic rings. The monoisotopic (exact) mass is 390 g/mol.